The fraction of sp³-hybridized carbons (Fsp3) is 0.143. The molecule has 0 saturated heterocycles. The quantitative estimate of drug-likeness (QED) is 0.568. The van der Waals surface area contributed by atoms with Gasteiger partial charge in [0.05, 0.1) is 7.11 Å². The van der Waals surface area contributed by atoms with Crippen LogP contribution >= 0.6 is 11.6 Å². The van der Waals surface area contributed by atoms with Crippen LogP contribution in [0.4, 0.5) is 4.39 Å². The molecule has 11 heavy (non-hydrogen) atoms. The van der Waals surface area contributed by atoms with Gasteiger partial charge in [0.15, 0.2) is 11.6 Å². The molecule has 0 aliphatic rings. The molecule has 1 rings (SSSR count). The highest BCUT2D eigenvalue weighted by molar-refractivity contribution is 6.45. The van der Waals surface area contributed by atoms with Gasteiger partial charge in [0.25, 0.3) is 0 Å². The molecule has 0 N–H and O–H groups in total. The number of ether oxygens (including phenoxy) is 1. The predicted molar refractivity (Wildman–Crippen MR) is 46.1 cm³/mol. The molecular formula is C7H7BClFO. The van der Waals surface area contributed by atoms with Gasteiger partial charge in [0.2, 0.25) is 0 Å². The van der Waals surface area contributed by atoms with Gasteiger partial charge in [-0.2, -0.15) is 0 Å². The molecule has 0 saturated carbocycles. The van der Waals surface area contributed by atoms with Crippen molar-refractivity contribution in [2.45, 2.75) is 0 Å². The summed E-state index contributed by atoms with van der Waals surface area (Å²) in [6.07, 6.45) is 0. The second-order valence-electron chi connectivity index (χ2n) is 2.24. The molecule has 0 bridgehead atoms. The van der Waals surface area contributed by atoms with Crippen molar-refractivity contribution >= 4 is 24.9 Å². The van der Waals surface area contributed by atoms with Crippen molar-refractivity contribution in [3.8, 4) is 5.75 Å². The summed E-state index contributed by atoms with van der Waals surface area (Å²) in [5, 5.41) is 0.517. The van der Waals surface area contributed by atoms with Crippen LogP contribution < -0.4 is 10.2 Å². The Labute approximate surface area is 70.5 Å². The van der Waals surface area contributed by atoms with E-state index < -0.39 is 0 Å². The summed E-state index contributed by atoms with van der Waals surface area (Å²) in [6, 6.07) is 2.81. The number of benzene rings is 1. The summed E-state index contributed by atoms with van der Waals surface area (Å²) < 4.78 is 17.6. The van der Waals surface area contributed by atoms with Crippen LogP contribution in [0, 0.1) is 5.82 Å². The molecule has 0 fully saturated rings. The first-order valence-corrected chi connectivity index (χ1v) is 3.52. The molecule has 1 nitrogen and oxygen atoms in total. The summed E-state index contributed by atoms with van der Waals surface area (Å²) in [5.74, 6) is -0.199. The van der Waals surface area contributed by atoms with E-state index in [4.69, 9.17) is 16.3 Å². The van der Waals surface area contributed by atoms with Gasteiger partial charge in [0.1, 0.15) is 7.85 Å². The Morgan fingerprint density at radius 2 is 2.18 bits per heavy atom. The minimum absolute atomic E-state index is 0.181. The summed E-state index contributed by atoms with van der Waals surface area (Å²) in [5.41, 5.74) is 0.713. The highest BCUT2D eigenvalue weighted by Gasteiger charge is 2.04. The van der Waals surface area contributed by atoms with Crippen LogP contribution in [0.2, 0.25) is 5.02 Å². The lowest BCUT2D eigenvalue weighted by Gasteiger charge is -2.03. The lowest BCUT2D eigenvalue weighted by atomic mass is 9.96. The molecule has 0 unspecified atom stereocenters. The molecule has 0 heterocycles. The Kier molecular flexibility index (Phi) is 2.40. The van der Waals surface area contributed by atoms with Crippen LogP contribution in [0.1, 0.15) is 0 Å². The molecule has 0 atom stereocenters. The maximum absolute atomic E-state index is 12.8. The third-order valence-corrected chi connectivity index (χ3v) is 1.84. The van der Waals surface area contributed by atoms with Crippen molar-refractivity contribution < 1.29 is 9.13 Å². The van der Waals surface area contributed by atoms with E-state index in [0.717, 1.165) is 0 Å². The first-order valence-electron chi connectivity index (χ1n) is 3.15. The molecule has 0 aromatic heterocycles. The van der Waals surface area contributed by atoms with Gasteiger partial charge in [-0.05, 0) is 6.07 Å². The number of hydrogen-bond donors (Lipinski definition) is 0. The Hall–Kier alpha value is -0.695. The van der Waals surface area contributed by atoms with Crippen LogP contribution in [0.5, 0.6) is 5.75 Å². The first kappa shape index (κ1) is 8.40. The fourth-order valence-electron chi connectivity index (χ4n) is 0.784. The lowest BCUT2D eigenvalue weighted by molar-refractivity contribution is 0.387. The minimum atomic E-state index is -0.380. The van der Waals surface area contributed by atoms with Gasteiger partial charge in [-0.3, -0.25) is 0 Å². The van der Waals surface area contributed by atoms with Crippen molar-refractivity contribution in [3.05, 3.63) is 23.0 Å². The van der Waals surface area contributed by atoms with Crippen LogP contribution in [-0.2, 0) is 0 Å². The summed E-state index contributed by atoms with van der Waals surface area (Å²) in [7, 11) is 3.15. The standard InChI is InChI=1S/C7H7BClFO/c1-11-7-3-5(9)4(8)2-6(7)10/h2-3H,8H2,1H3. The van der Waals surface area contributed by atoms with Gasteiger partial charge in [-0.1, -0.05) is 17.1 Å². The van der Waals surface area contributed by atoms with E-state index >= 15 is 0 Å². The number of rotatable bonds is 1. The number of methoxy groups -OCH3 is 1. The Morgan fingerprint density at radius 3 is 2.73 bits per heavy atom. The van der Waals surface area contributed by atoms with Crippen molar-refractivity contribution in [1.82, 2.24) is 0 Å². The van der Waals surface area contributed by atoms with Crippen molar-refractivity contribution in [3.63, 3.8) is 0 Å². The highest BCUT2D eigenvalue weighted by atomic mass is 35.5. The Bertz CT molecular complexity index is 277. The molecule has 58 valence electrons. The smallest absolute Gasteiger partial charge is 0.164 e. The van der Waals surface area contributed by atoms with Crippen LogP contribution in [0.3, 0.4) is 0 Å². The summed E-state index contributed by atoms with van der Waals surface area (Å²) >= 11 is 5.72. The minimum Gasteiger partial charge on any atom is -0.494 e. The van der Waals surface area contributed by atoms with Gasteiger partial charge in [-0.25, -0.2) is 4.39 Å². The van der Waals surface area contributed by atoms with E-state index in [1.165, 1.54) is 19.2 Å². The zero-order chi connectivity index (χ0) is 8.43. The molecule has 0 radical (unpaired) electrons. The van der Waals surface area contributed by atoms with Gasteiger partial charge in [0, 0.05) is 11.1 Å². The van der Waals surface area contributed by atoms with Crippen LogP contribution in [0.15, 0.2) is 12.1 Å². The zero-order valence-corrected chi connectivity index (χ0v) is 7.07. The second kappa shape index (κ2) is 3.14. The molecule has 0 aliphatic carbocycles. The van der Waals surface area contributed by atoms with E-state index in [1.54, 1.807) is 7.85 Å². The van der Waals surface area contributed by atoms with Crippen LogP contribution in [0.25, 0.3) is 0 Å². The molecular weight excluding hydrogens is 165 g/mol. The second-order valence-corrected chi connectivity index (χ2v) is 2.64. The SMILES string of the molecule is Bc1cc(F)c(OC)cc1Cl. The van der Waals surface area contributed by atoms with Gasteiger partial charge >= 0.3 is 0 Å². The third-order valence-electron chi connectivity index (χ3n) is 1.43. The zero-order valence-electron chi connectivity index (χ0n) is 6.32. The van der Waals surface area contributed by atoms with Crippen LogP contribution in [-0.4, -0.2) is 15.0 Å². The number of halogens is 2. The van der Waals surface area contributed by atoms with Crippen molar-refractivity contribution in [1.29, 1.82) is 0 Å². The fourth-order valence-corrected chi connectivity index (χ4v) is 0.938. The van der Waals surface area contributed by atoms with Crippen molar-refractivity contribution in [2.24, 2.45) is 0 Å². The molecule has 1 aromatic rings. The number of hydrogen-bond acceptors (Lipinski definition) is 1. The Balaban J connectivity index is 3.21. The lowest BCUT2D eigenvalue weighted by Crippen LogP contribution is -2.05. The largest absolute Gasteiger partial charge is 0.494 e. The Morgan fingerprint density at radius 1 is 1.55 bits per heavy atom. The molecule has 0 spiro atoms. The molecule has 0 amide bonds. The van der Waals surface area contributed by atoms with E-state index in [1.807, 2.05) is 0 Å². The summed E-state index contributed by atoms with van der Waals surface area (Å²) in [4.78, 5) is 0. The first-order chi connectivity index (χ1) is 5.15. The average Bonchev–Trinajstić information content (AvgIpc) is 1.97. The highest BCUT2D eigenvalue weighted by Crippen LogP contribution is 2.18. The van der Waals surface area contributed by atoms with E-state index in [9.17, 15) is 4.39 Å². The molecule has 1 aromatic carbocycles. The maximum Gasteiger partial charge on any atom is 0.164 e. The van der Waals surface area contributed by atoms with Crippen molar-refractivity contribution in [2.75, 3.05) is 7.11 Å². The molecule has 4 heteroatoms. The average molecular weight is 172 g/mol. The van der Waals surface area contributed by atoms with E-state index in [0.29, 0.717) is 10.5 Å². The van der Waals surface area contributed by atoms with Gasteiger partial charge < -0.3 is 4.74 Å². The summed E-state index contributed by atoms with van der Waals surface area (Å²) in [6.45, 7) is 0. The normalized spacial score (nSPS) is 9.73. The monoisotopic (exact) mass is 172 g/mol. The molecule has 0 aliphatic heterocycles. The topological polar surface area (TPSA) is 9.23 Å². The maximum atomic E-state index is 12.8. The van der Waals surface area contributed by atoms with Gasteiger partial charge in [-0.15, -0.1) is 0 Å². The predicted octanol–water partition coefficient (Wildman–Crippen LogP) is 0.746. The van der Waals surface area contributed by atoms with E-state index in [-0.39, 0.29) is 11.6 Å². The van der Waals surface area contributed by atoms with E-state index in [2.05, 4.69) is 0 Å². The third kappa shape index (κ3) is 1.66.